The highest BCUT2D eigenvalue weighted by molar-refractivity contribution is 6.01. The number of hydrogen-bond acceptors (Lipinski definition) is 1. The van der Waals surface area contributed by atoms with Gasteiger partial charge in [-0.15, -0.1) is 0 Å². The fourth-order valence-electron chi connectivity index (χ4n) is 2.54. The Morgan fingerprint density at radius 2 is 1.71 bits per heavy atom. The first-order chi connectivity index (χ1) is 8.27. The van der Waals surface area contributed by atoms with Crippen LogP contribution in [-0.2, 0) is 0 Å². The maximum Gasteiger partial charge on any atom is 0.0711 e. The van der Waals surface area contributed by atoms with Crippen molar-refractivity contribution in [3.8, 4) is 0 Å². The van der Waals surface area contributed by atoms with Crippen LogP contribution in [0.5, 0.6) is 0 Å². The first-order valence-electron chi connectivity index (χ1n) is 6.04. The van der Waals surface area contributed by atoms with Crippen LogP contribution in [0.1, 0.15) is 25.3 Å². The molecule has 0 radical (unpaired) electrons. The van der Waals surface area contributed by atoms with Crippen LogP contribution in [-0.4, -0.2) is 4.98 Å². The molecule has 0 atom stereocenters. The molecule has 0 saturated heterocycles. The van der Waals surface area contributed by atoms with E-state index in [0.29, 0.717) is 5.92 Å². The van der Waals surface area contributed by atoms with E-state index < -0.39 is 0 Å². The van der Waals surface area contributed by atoms with Crippen molar-refractivity contribution in [2.45, 2.75) is 19.8 Å². The molecular weight excluding hydrogens is 206 g/mol. The van der Waals surface area contributed by atoms with Crippen LogP contribution in [0.15, 0.2) is 48.7 Å². The van der Waals surface area contributed by atoms with Crippen molar-refractivity contribution in [2.24, 2.45) is 0 Å². The van der Waals surface area contributed by atoms with Gasteiger partial charge in [0.2, 0.25) is 0 Å². The van der Waals surface area contributed by atoms with E-state index in [-0.39, 0.29) is 0 Å². The van der Waals surface area contributed by atoms with Gasteiger partial charge in [-0.3, -0.25) is 4.98 Å². The average molecular weight is 221 g/mol. The van der Waals surface area contributed by atoms with Crippen LogP contribution in [0.2, 0.25) is 0 Å². The minimum Gasteiger partial charge on any atom is -0.256 e. The maximum atomic E-state index is 4.47. The van der Waals surface area contributed by atoms with E-state index in [1.54, 1.807) is 0 Å². The Balaban J connectivity index is 2.56. The molecule has 84 valence electrons. The summed E-state index contributed by atoms with van der Waals surface area (Å²) in [6.45, 7) is 4.49. The van der Waals surface area contributed by atoms with Crippen molar-refractivity contribution >= 4 is 21.7 Å². The molecule has 2 aromatic carbocycles. The summed E-state index contributed by atoms with van der Waals surface area (Å²) in [5.41, 5.74) is 2.50. The van der Waals surface area contributed by atoms with Crippen LogP contribution in [0.3, 0.4) is 0 Å². The summed E-state index contributed by atoms with van der Waals surface area (Å²) in [6, 6.07) is 14.9. The fraction of sp³-hybridized carbons (Fsp3) is 0.188. The summed E-state index contributed by atoms with van der Waals surface area (Å²) in [7, 11) is 0. The summed E-state index contributed by atoms with van der Waals surface area (Å²) in [6.07, 6.45) is 1.86. The lowest BCUT2D eigenvalue weighted by molar-refractivity contribution is 0.885. The van der Waals surface area contributed by atoms with Crippen LogP contribution in [0.4, 0.5) is 0 Å². The summed E-state index contributed by atoms with van der Waals surface area (Å²) in [4.78, 5) is 4.47. The Hall–Kier alpha value is -1.89. The molecule has 1 aromatic heterocycles. The molecule has 0 aliphatic heterocycles. The van der Waals surface area contributed by atoms with Crippen LogP contribution >= 0.6 is 0 Å². The molecular formula is C16H15N. The van der Waals surface area contributed by atoms with E-state index in [4.69, 9.17) is 0 Å². The summed E-state index contributed by atoms with van der Waals surface area (Å²) >= 11 is 0. The molecule has 0 fully saturated rings. The Bertz CT molecular complexity index is 629. The van der Waals surface area contributed by atoms with Gasteiger partial charge in [0.15, 0.2) is 0 Å². The SMILES string of the molecule is CC(C)c1c2ccccc2cc2ncccc12. The number of nitrogens with zero attached hydrogens (tertiary/aromatic N) is 1. The standard InChI is InChI=1S/C16H15N/c1-11(2)16-13-7-4-3-6-12(13)10-15-14(16)8-5-9-17-15/h3-11H,1-2H3. The third-order valence-electron chi connectivity index (χ3n) is 3.25. The van der Waals surface area contributed by atoms with Crippen LogP contribution in [0, 0.1) is 0 Å². The number of rotatable bonds is 1. The van der Waals surface area contributed by atoms with Crippen molar-refractivity contribution in [1.82, 2.24) is 4.98 Å². The lowest BCUT2D eigenvalue weighted by Crippen LogP contribution is -1.93. The molecule has 1 heterocycles. The van der Waals surface area contributed by atoms with Crippen molar-refractivity contribution in [1.29, 1.82) is 0 Å². The molecule has 0 spiro atoms. The monoisotopic (exact) mass is 221 g/mol. The first-order valence-corrected chi connectivity index (χ1v) is 6.04. The highest BCUT2D eigenvalue weighted by atomic mass is 14.6. The molecule has 0 aliphatic carbocycles. The summed E-state index contributed by atoms with van der Waals surface area (Å²) < 4.78 is 0. The predicted octanol–water partition coefficient (Wildman–Crippen LogP) is 4.51. The van der Waals surface area contributed by atoms with Gasteiger partial charge in [0.25, 0.3) is 0 Å². The highest BCUT2D eigenvalue weighted by Gasteiger charge is 2.10. The Kier molecular flexibility index (Phi) is 2.32. The molecule has 0 aliphatic rings. The normalized spacial score (nSPS) is 11.5. The predicted molar refractivity (Wildman–Crippen MR) is 73.3 cm³/mol. The van der Waals surface area contributed by atoms with E-state index in [9.17, 15) is 0 Å². The number of pyridine rings is 1. The molecule has 0 N–H and O–H groups in total. The van der Waals surface area contributed by atoms with Gasteiger partial charge in [-0.05, 0) is 34.4 Å². The molecule has 17 heavy (non-hydrogen) atoms. The van der Waals surface area contributed by atoms with Crippen molar-refractivity contribution in [2.75, 3.05) is 0 Å². The molecule has 3 aromatic rings. The van der Waals surface area contributed by atoms with Gasteiger partial charge in [0.1, 0.15) is 0 Å². The van der Waals surface area contributed by atoms with Crippen LogP contribution in [0.25, 0.3) is 21.7 Å². The van der Waals surface area contributed by atoms with E-state index >= 15 is 0 Å². The summed E-state index contributed by atoms with van der Waals surface area (Å²) in [5, 5.41) is 3.91. The van der Waals surface area contributed by atoms with Crippen molar-refractivity contribution in [3.05, 3.63) is 54.2 Å². The highest BCUT2D eigenvalue weighted by Crippen LogP contribution is 2.32. The zero-order valence-electron chi connectivity index (χ0n) is 10.1. The van der Waals surface area contributed by atoms with Crippen molar-refractivity contribution in [3.63, 3.8) is 0 Å². The molecule has 1 nitrogen and oxygen atoms in total. The van der Waals surface area contributed by atoms with E-state index in [0.717, 1.165) is 5.52 Å². The third-order valence-corrected chi connectivity index (χ3v) is 3.25. The van der Waals surface area contributed by atoms with E-state index in [2.05, 4.69) is 55.2 Å². The third kappa shape index (κ3) is 1.59. The number of hydrogen-bond donors (Lipinski definition) is 0. The molecule has 3 rings (SSSR count). The number of benzene rings is 2. The van der Waals surface area contributed by atoms with Gasteiger partial charge in [0.05, 0.1) is 5.52 Å². The lowest BCUT2D eigenvalue weighted by atomic mass is 9.92. The largest absolute Gasteiger partial charge is 0.256 e. The van der Waals surface area contributed by atoms with E-state index in [1.807, 2.05) is 12.3 Å². The molecule has 0 amide bonds. The molecule has 0 saturated carbocycles. The minimum absolute atomic E-state index is 0.507. The van der Waals surface area contributed by atoms with Crippen molar-refractivity contribution < 1.29 is 0 Å². The summed E-state index contributed by atoms with van der Waals surface area (Å²) in [5.74, 6) is 0.507. The Morgan fingerprint density at radius 1 is 0.941 bits per heavy atom. The van der Waals surface area contributed by atoms with Gasteiger partial charge in [-0.2, -0.15) is 0 Å². The van der Waals surface area contributed by atoms with Gasteiger partial charge in [-0.1, -0.05) is 44.2 Å². The first kappa shape index (κ1) is 10.3. The maximum absolute atomic E-state index is 4.47. The smallest absolute Gasteiger partial charge is 0.0711 e. The van der Waals surface area contributed by atoms with Gasteiger partial charge in [0, 0.05) is 11.6 Å². The Labute approximate surface area is 101 Å². The fourth-order valence-corrected chi connectivity index (χ4v) is 2.54. The van der Waals surface area contributed by atoms with Gasteiger partial charge in [-0.25, -0.2) is 0 Å². The average Bonchev–Trinajstić information content (AvgIpc) is 2.35. The lowest BCUT2D eigenvalue weighted by Gasteiger charge is -2.13. The number of fused-ring (bicyclic) bond motifs is 2. The molecule has 1 heteroatoms. The quantitative estimate of drug-likeness (QED) is 0.551. The van der Waals surface area contributed by atoms with Gasteiger partial charge >= 0.3 is 0 Å². The second-order valence-corrected chi connectivity index (χ2v) is 4.74. The Morgan fingerprint density at radius 3 is 2.53 bits per heavy atom. The molecule has 0 bridgehead atoms. The zero-order chi connectivity index (χ0) is 11.8. The molecule has 0 unspecified atom stereocenters. The van der Waals surface area contributed by atoms with E-state index in [1.165, 1.54) is 21.7 Å². The number of aromatic nitrogens is 1. The second-order valence-electron chi connectivity index (χ2n) is 4.74. The van der Waals surface area contributed by atoms with Gasteiger partial charge < -0.3 is 0 Å². The minimum atomic E-state index is 0.507. The zero-order valence-corrected chi connectivity index (χ0v) is 10.1. The van der Waals surface area contributed by atoms with Crippen LogP contribution < -0.4 is 0 Å². The second kappa shape index (κ2) is 3.85. The topological polar surface area (TPSA) is 12.9 Å².